The predicted octanol–water partition coefficient (Wildman–Crippen LogP) is -0.544. The molecule has 1 saturated carbocycles. The zero-order valence-electron chi connectivity index (χ0n) is 12.3. The van der Waals surface area contributed by atoms with Crippen LogP contribution < -0.4 is 11.0 Å². The molecular weight excluding hydrogens is 270 g/mol. The van der Waals surface area contributed by atoms with Crippen molar-refractivity contribution in [2.24, 2.45) is 12.5 Å². The van der Waals surface area contributed by atoms with Crippen molar-refractivity contribution < 1.29 is 4.79 Å². The van der Waals surface area contributed by atoms with E-state index in [0.29, 0.717) is 25.5 Å². The van der Waals surface area contributed by atoms with E-state index in [9.17, 15) is 9.59 Å². The number of carbonyl (C=O) groups excluding carboxylic acids is 1. The molecule has 21 heavy (non-hydrogen) atoms. The number of carbonyl (C=O) groups is 1. The van der Waals surface area contributed by atoms with E-state index in [2.05, 4.69) is 10.4 Å². The fourth-order valence-corrected chi connectivity index (χ4v) is 4.08. The molecule has 1 spiro atoms. The van der Waals surface area contributed by atoms with Gasteiger partial charge in [-0.1, -0.05) is 6.42 Å². The van der Waals surface area contributed by atoms with Crippen LogP contribution in [0.25, 0.3) is 0 Å². The van der Waals surface area contributed by atoms with Gasteiger partial charge in [0.15, 0.2) is 5.82 Å². The molecule has 1 saturated heterocycles. The van der Waals surface area contributed by atoms with Crippen molar-refractivity contribution in [3.8, 4) is 0 Å². The summed E-state index contributed by atoms with van der Waals surface area (Å²) in [4.78, 5) is 26.6. The number of fused-ring (bicyclic) bond motifs is 1. The van der Waals surface area contributed by atoms with E-state index < -0.39 is 0 Å². The fraction of sp³-hybridized carbons (Fsp3) is 0.786. The normalized spacial score (nSPS) is 26.7. The van der Waals surface area contributed by atoms with Crippen molar-refractivity contribution in [2.45, 2.75) is 44.8 Å². The van der Waals surface area contributed by atoms with Crippen LogP contribution in [0, 0.1) is 5.41 Å². The Morgan fingerprint density at radius 2 is 2.14 bits per heavy atom. The van der Waals surface area contributed by atoms with Crippen LogP contribution in [0.2, 0.25) is 0 Å². The third-order valence-electron chi connectivity index (χ3n) is 5.50. The molecule has 0 aromatic carbocycles. The third kappa shape index (κ3) is 1.79. The molecule has 1 atom stereocenters. The molecule has 1 unspecified atom stereocenters. The van der Waals surface area contributed by atoms with E-state index in [4.69, 9.17) is 0 Å². The van der Waals surface area contributed by atoms with E-state index in [-0.39, 0.29) is 23.1 Å². The first-order chi connectivity index (χ1) is 10.1. The number of amides is 1. The summed E-state index contributed by atoms with van der Waals surface area (Å²) in [7, 11) is 1.65. The van der Waals surface area contributed by atoms with E-state index in [1.165, 1.54) is 23.9 Å². The summed E-state index contributed by atoms with van der Waals surface area (Å²) in [6, 6.07) is -0.0340. The Morgan fingerprint density at radius 1 is 1.33 bits per heavy atom. The second-order valence-corrected chi connectivity index (χ2v) is 6.59. The van der Waals surface area contributed by atoms with Gasteiger partial charge in [-0.15, -0.1) is 0 Å². The van der Waals surface area contributed by atoms with Gasteiger partial charge in [-0.2, -0.15) is 5.10 Å². The molecule has 1 aliphatic carbocycles. The highest BCUT2D eigenvalue weighted by Crippen LogP contribution is 2.49. The predicted molar refractivity (Wildman–Crippen MR) is 75.6 cm³/mol. The molecule has 1 N–H and O–H groups in total. The maximum Gasteiger partial charge on any atom is 0.345 e. The lowest BCUT2D eigenvalue weighted by Crippen LogP contribution is -2.54. The molecule has 7 heteroatoms. The highest BCUT2D eigenvalue weighted by atomic mass is 16.2. The molecule has 3 heterocycles. The number of nitrogens with zero attached hydrogens (tertiary/aromatic N) is 4. The van der Waals surface area contributed by atoms with Gasteiger partial charge in [0.1, 0.15) is 0 Å². The zero-order valence-corrected chi connectivity index (χ0v) is 12.3. The molecule has 1 aromatic rings. The summed E-state index contributed by atoms with van der Waals surface area (Å²) in [5, 5.41) is 7.63. The van der Waals surface area contributed by atoms with Crippen molar-refractivity contribution in [3.05, 3.63) is 16.3 Å². The quantitative estimate of drug-likeness (QED) is 0.754. The molecule has 114 valence electrons. The van der Waals surface area contributed by atoms with Gasteiger partial charge in [0.2, 0.25) is 5.91 Å². The summed E-state index contributed by atoms with van der Waals surface area (Å²) < 4.78 is 3.02. The number of rotatable bonds is 1. The average molecular weight is 291 g/mol. The molecular formula is C14H21N5O2. The summed E-state index contributed by atoms with van der Waals surface area (Å²) in [5.41, 5.74) is 0.116. The molecule has 1 amide bonds. The van der Waals surface area contributed by atoms with E-state index in [1.807, 2.05) is 4.90 Å². The Balaban J connectivity index is 1.55. The number of aromatic nitrogens is 3. The Morgan fingerprint density at radius 3 is 2.86 bits per heavy atom. The lowest BCUT2D eigenvalue weighted by Gasteiger charge is -2.44. The van der Waals surface area contributed by atoms with Crippen LogP contribution in [0.5, 0.6) is 0 Å². The first-order valence-electron chi connectivity index (χ1n) is 7.76. The number of aryl methyl sites for hydroxylation is 1. The molecule has 0 radical (unpaired) electrons. The van der Waals surface area contributed by atoms with Crippen molar-refractivity contribution in [1.29, 1.82) is 0 Å². The minimum Gasteiger partial charge on any atom is -0.332 e. The minimum absolute atomic E-state index is 0.0340. The maximum atomic E-state index is 12.9. The highest BCUT2D eigenvalue weighted by Gasteiger charge is 2.51. The first kappa shape index (κ1) is 13.1. The van der Waals surface area contributed by atoms with Crippen LogP contribution in [0.1, 0.15) is 31.5 Å². The van der Waals surface area contributed by atoms with Crippen molar-refractivity contribution in [1.82, 2.24) is 24.6 Å². The highest BCUT2D eigenvalue weighted by molar-refractivity contribution is 5.83. The molecule has 1 aromatic heterocycles. The van der Waals surface area contributed by atoms with Crippen LogP contribution in [-0.2, 0) is 24.9 Å². The second kappa shape index (κ2) is 4.43. The van der Waals surface area contributed by atoms with Crippen LogP contribution in [-0.4, -0.2) is 44.3 Å². The van der Waals surface area contributed by atoms with Crippen LogP contribution in [0.4, 0.5) is 0 Å². The van der Waals surface area contributed by atoms with E-state index >= 15 is 0 Å². The lowest BCUT2D eigenvalue weighted by atomic mass is 9.64. The zero-order chi connectivity index (χ0) is 14.6. The van der Waals surface area contributed by atoms with Gasteiger partial charge < -0.3 is 10.2 Å². The average Bonchev–Trinajstić information content (AvgIpc) is 3.00. The number of hydrogen-bond donors (Lipinski definition) is 1. The van der Waals surface area contributed by atoms with Gasteiger partial charge in [0, 0.05) is 20.1 Å². The van der Waals surface area contributed by atoms with Crippen molar-refractivity contribution in [2.75, 3.05) is 13.1 Å². The van der Waals surface area contributed by atoms with Gasteiger partial charge in [0.05, 0.1) is 12.6 Å². The molecule has 4 rings (SSSR count). The van der Waals surface area contributed by atoms with Crippen LogP contribution in [0.3, 0.4) is 0 Å². The molecule has 0 bridgehead atoms. The van der Waals surface area contributed by atoms with Crippen LogP contribution >= 0.6 is 0 Å². The van der Waals surface area contributed by atoms with Crippen molar-refractivity contribution in [3.63, 3.8) is 0 Å². The standard InChI is InChI=1S/C14H21N5O2/c1-17-13(21)19-8-7-18(9-10(19)16-17)12(20)11-14(3-2-4-14)5-6-15-11/h11,15H,2-9H2,1H3. The minimum atomic E-state index is -0.0912. The largest absolute Gasteiger partial charge is 0.345 e. The summed E-state index contributed by atoms with van der Waals surface area (Å²) >= 11 is 0. The van der Waals surface area contributed by atoms with Gasteiger partial charge in [0.25, 0.3) is 0 Å². The number of nitrogens with one attached hydrogen (secondary N) is 1. The monoisotopic (exact) mass is 291 g/mol. The molecule has 7 nitrogen and oxygen atoms in total. The van der Waals surface area contributed by atoms with E-state index in [1.54, 1.807) is 11.6 Å². The maximum absolute atomic E-state index is 12.9. The summed E-state index contributed by atoms with van der Waals surface area (Å²) in [5.74, 6) is 0.888. The SMILES string of the molecule is Cn1nc2n(c1=O)CCN(C(=O)C1NCCC13CCC3)C2. The first-order valence-corrected chi connectivity index (χ1v) is 7.76. The molecule has 2 fully saturated rings. The Kier molecular flexibility index (Phi) is 2.76. The summed E-state index contributed by atoms with van der Waals surface area (Å²) in [6.07, 6.45) is 4.69. The number of hydrogen-bond acceptors (Lipinski definition) is 4. The van der Waals surface area contributed by atoms with Gasteiger partial charge in [-0.05, 0) is 31.2 Å². The Bertz CT molecular complexity index is 642. The lowest BCUT2D eigenvalue weighted by molar-refractivity contribution is -0.139. The third-order valence-corrected chi connectivity index (χ3v) is 5.50. The molecule has 2 aliphatic heterocycles. The van der Waals surface area contributed by atoms with E-state index in [0.717, 1.165) is 13.0 Å². The summed E-state index contributed by atoms with van der Waals surface area (Å²) in [6.45, 7) is 2.54. The van der Waals surface area contributed by atoms with Gasteiger partial charge in [-0.3, -0.25) is 9.36 Å². The van der Waals surface area contributed by atoms with Crippen molar-refractivity contribution >= 4 is 5.91 Å². The van der Waals surface area contributed by atoms with Gasteiger partial charge >= 0.3 is 5.69 Å². The topological polar surface area (TPSA) is 72.2 Å². The van der Waals surface area contributed by atoms with Gasteiger partial charge in [-0.25, -0.2) is 9.48 Å². The fourth-order valence-electron chi connectivity index (χ4n) is 4.08. The van der Waals surface area contributed by atoms with Crippen LogP contribution in [0.15, 0.2) is 4.79 Å². The smallest absolute Gasteiger partial charge is 0.332 e. The Hall–Kier alpha value is -1.63. The molecule has 3 aliphatic rings. The Labute approximate surface area is 122 Å². The second-order valence-electron chi connectivity index (χ2n) is 6.59.